The van der Waals surface area contributed by atoms with Crippen LogP contribution in [0.2, 0.25) is 0 Å². The molecule has 0 saturated carbocycles. The average Bonchev–Trinajstić information content (AvgIpc) is 3.00. The van der Waals surface area contributed by atoms with Gasteiger partial charge < -0.3 is 10.1 Å². The molecule has 100 valence electrons. The molecule has 1 N–H and O–H groups in total. The molecule has 0 radical (unpaired) electrons. The Bertz CT molecular complexity index is 591. The average molecular weight is 257 g/mol. The topological polar surface area (TPSA) is 39.1 Å². The number of rotatable bonds is 3. The van der Waals surface area contributed by atoms with Crippen molar-refractivity contribution in [2.75, 3.05) is 14.2 Å². The molecule has 2 atom stereocenters. The molecule has 1 heterocycles. The summed E-state index contributed by atoms with van der Waals surface area (Å²) in [6.45, 7) is 2.07. The summed E-state index contributed by atoms with van der Waals surface area (Å²) in [4.78, 5) is 0. The molecule has 1 aliphatic rings. The Hall–Kier alpha value is -1.81. The number of ether oxygens (including phenoxy) is 1. The lowest BCUT2D eigenvalue weighted by molar-refractivity contribution is 0.370. The molecule has 2 aromatic rings. The highest BCUT2D eigenvalue weighted by molar-refractivity contribution is 5.42. The molecule has 0 saturated heterocycles. The maximum Gasteiger partial charge on any atom is 0.119 e. The van der Waals surface area contributed by atoms with E-state index in [4.69, 9.17) is 4.74 Å². The minimum atomic E-state index is 0.282. The Kier molecular flexibility index (Phi) is 3.03. The van der Waals surface area contributed by atoms with Crippen LogP contribution in [0.25, 0.3) is 0 Å². The Morgan fingerprint density at radius 3 is 2.89 bits per heavy atom. The number of methoxy groups -OCH3 is 1. The van der Waals surface area contributed by atoms with Crippen molar-refractivity contribution in [3.05, 3.63) is 47.3 Å². The number of hydrogen-bond acceptors (Lipinski definition) is 3. The molecule has 0 bridgehead atoms. The van der Waals surface area contributed by atoms with E-state index in [9.17, 15) is 0 Å². The van der Waals surface area contributed by atoms with Gasteiger partial charge in [0.25, 0.3) is 0 Å². The second kappa shape index (κ2) is 4.70. The lowest BCUT2D eigenvalue weighted by Gasteiger charge is -2.20. The van der Waals surface area contributed by atoms with Crippen LogP contribution in [-0.4, -0.2) is 23.9 Å². The van der Waals surface area contributed by atoms with E-state index < -0.39 is 0 Å². The van der Waals surface area contributed by atoms with Crippen LogP contribution >= 0.6 is 0 Å². The molecule has 4 heteroatoms. The molecule has 0 spiro atoms. The second-order valence-electron chi connectivity index (χ2n) is 5.10. The number of hydrogen-bond donors (Lipinski definition) is 1. The van der Waals surface area contributed by atoms with Gasteiger partial charge in [0, 0.05) is 6.20 Å². The number of likely N-dealkylation sites (N-methyl/N-ethyl adjacent to an activating group) is 1. The molecule has 2 unspecified atom stereocenters. The normalized spacial score (nSPS) is 21.4. The minimum Gasteiger partial charge on any atom is -0.497 e. The molecule has 1 aliphatic carbocycles. The molecular weight excluding hydrogens is 238 g/mol. The highest BCUT2D eigenvalue weighted by Crippen LogP contribution is 2.40. The number of nitrogens with zero attached hydrogens (tertiary/aromatic N) is 2. The van der Waals surface area contributed by atoms with Gasteiger partial charge in [0.2, 0.25) is 0 Å². The van der Waals surface area contributed by atoms with Gasteiger partial charge in [-0.15, -0.1) is 0 Å². The van der Waals surface area contributed by atoms with Crippen LogP contribution in [0.1, 0.15) is 28.8 Å². The number of nitrogens with one attached hydrogen (secondary N) is 1. The maximum absolute atomic E-state index is 5.33. The molecule has 0 fully saturated rings. The van der Waals surface area contributed by atoms with Gasteiger partial charge in [-0.25, -0.2) is 0 Å². The molecule has 0 amide bonds. The van der Waals surface area contributed by atoms with Crippen molar-refractivity contribution < 1.29 is 4.74 Å². The van der Waals surface area contributed by atoms with Gasteiger partial charge in [-0.3, -0.25) is 4.68 Å². The summed E-state index contributed by atoms with van der Waals surface area (Å²) in [5, 5.41) is 7.88. The number of aromatic nitrogens is 2. The quantitative estimate of drug-likeness (QED) is 0.916. The molecule has 0 aliphatic heterocycles. The minimum absolute atomic E-state index is 0.282. The summed E-state index contributed by atoms with van der Waals surface area (Å²) in [6, 6.07) is 6.94. The van der Waals surface area contributed by atoms with Gasteiger partial charge in [0.05, 0.1) is 25.4 Å². The van der Waals surface area contributed by atoms with E-state index in [0.717, 1.165) is 12.2 Å². The highest BCUT2D eigenvalue weighted by Gasteiger charge is 2.33. The van der Waals surface area contributed by atoms with Crippen molar-refractivity contribution in [1.82, 2.24) is 15.1 Å². The monoisotopic (exact) mass is 257 g/mol. The largest absolute Gasteiger partial charge is 0.497 e. The summed E-state index contributed by atoms with van der Waals surface area (Å²) < 4.78 is 7.40. The Morgan fingerprint density at radius 2 is 2.26 bits per heavy atom. The number of fused-ring (bicyclic) bond motifs is 1. The van der Waals surface area contributed by atoms with Crippen LogP contribution in [0, 0.1) is 6.92 Å². The van der Waals surface area contributed by atoms with Crippen LogP contribution in [0.4, 0.5) is 0 Å². The van der Waals surface area contributed by atoms with Crippen LogP contribution in [0.5, 0.6) is 5.75 Å². The van der Waals surface area contributed by atoms with Crippen LogP contribution in [0.3, 0.4) is 0 Å². The van der Waals surface area contributed by atoms with E-state index in [1.807, 2.05) is 19.3 Å². The first-order valence-corrected chi connectivity index (χ1v) is 6.57. The third-order valence-electron chi connectivity index (χ3n) is 3.88. The standard InChI is InChI=1S/C15H19N3O/c1-10-8-17-18(9-10)14-6-11-4-5-12(19-3)7-13(11)15(14)16-2/h4-5,7-9,14-16H,6H2,1-3H3. The van der Waals surface area contributed by atoms with E-state index in [2.05, 4.69) is 40.4 Å². The van der Waals surface area contributed by atoms with Gasteiger partial charge in [-0.1, -0.05) is 6.07 Å². The fourth-order valence-electron chi connectivity index (χ4n) is 2.93. The Labute approximate surface area is 113 Å². The fraction of sp³-hybridized carbons (Fsp3) is 0.400. The zero-order valence-electron chi connectivity index (χ0n) is 11.6. The van der Waals surface area contributed by atoms with Gasteiger partial charge in [-0.2, -0.15) is 5.10 Å². The zero-order valence-corrected chi connectivity index (χ0v) is 11.6. The summed E-state index contributed by atoms with van der Waals surface area (Å²) in [5.41, 5.74) is 3.89. The fourth-order valence-corrected chi connectivity index (χ4v) is 2.93. The predicted octanol–water partition coefficient (Wildman–Crippen LogP) is 2.26. The smallest absolute Gasteiger partial charge is 0.119 e. The van der Waals surface area contributed by atoms with Crippen molar-refractivity contribution in [2.24, 2.45) is 0 Å². The summed E-state index contributed by atoms with van der Waals surface area (Å²) in [7, 11) is 3.71. The first-order valence-electron chi connectivity index (χ1n) is 6.57. The van der Waals surface area contributed by atoms with E-state index >= 15 is 0 Å². The van der Waals surface area contributed by atoms with E-state index in [0.29, 0.717) is 6.04 Å². The maximum atomic E-state index is 5.33. The van der Waals surface area contributed by atoms with Crippen LogP contribution in [-0.2, 0) is 6.42 Å². The Morgan fingerprint density at radius 1 is 1.42 bits per heavy atom. The first-order chi connectivity index (χ1) is 9.22. The van der Waals surface area contributed by atoms with Crippen molar-refractivity contribution in [2.45, 2.75) is 25.4 Å². The number of aryl methyl sites for hydroxylation is 1. The molecule has 4 nitrogen and oxygen atoms in total. The molecular formula is C15H19N3O. The summed E-state index contributed by atoms with van der Waals surface area (Å²) in [5.74, 6) is 0.913. The lowest BCUT2D eigenvalue weighted by atomic mass is 10.1. The first kappa shape index (κ1) is 12.2. The van der Waals surface area contributed by atoms with Crippen molar-refractivity contribution >= 4 is 0 Å². The zero-order chi connectivity index (χ0) is 13.4. The van der Waals surface area contributed by atoms with Gasteiger partial charge >= 0.3 is 0 Å². The van der Waals surface area contributed by atoms with Crippen molar-refractivity contribution in [3.8, 4) is 5.75 Å². The molecule has 1 aromatic heterocycles. The van der Waals surface area contributed by atoms with Gasteiger partial charge in [0.15, 0.2) is 0 Å². The second-order valence-corrected chi connectivity index (χ2v) is 5.10. The van der Waals surface area contributed by atoms with Gasteiger partial charge in [0.1, 0.15) is 5.75 Å². The molecule has 1 aromatic carbocycles. The van der Waals surface area contributed by atoms with Crippen molar-refractivity contribution in [3.63, 3.8) is 0 Å². The van der Waals surface area contributed by atoms with Crippen LogP contribution in [0.15, 0.2) is 30.6 Å². The summed E-state index contributed by atoms with van der Waals surface area (Å²) in [6.07, 6.45) is 5.03. The lowest BCUT2D eigenvalue weighted by Crippen LogP contribution is -2.24. The third kappa shape index (κ3) is 2.02. The number of benzene rings is 1. The van der Waals surface area contributed by atoms with Gasteiger partial charge in [-0.05, 0) is 49.2 Å². The molecule has 19 heavy (non-hydrogen) atoms. The SMILES string of the molecule is CNC1c2cc(OC)ccc2CC1n1cc(C)cn1. The third-order valence-corrected chi connectivity index (χ3v) is 3.88. The Balaban J connectivity index is 1.99. The molecule has 3 rings (SSSR count). The van der Waals surface area contributed by atoms with E-state index in [-0.39, 0.29) is 6.04 Å². The summed E-state index contributed by atoms with van der Waals surface area (Å²) >= 11 is 0. The highest BCUT2D eigenvalue weighted by atomic mass is 16.5. The van der Waals surface area contributed by atoms with Crippen molar-refractivity contribution in [1.29, 1.82) is 0 Å². The van der Waals surface area contributed by atoms with E-state index in [1.165, 1.54) is 16.7 Å². The van der Waals surface area contributed by atoms with E-state index in [1.54, 1.807) is 7.11 Å². The predicted molar refractivity (Wildman–Crippen MR) is 74.5 cm³/mol. The van der Waals surface area contributed by atoms with Crippen LogP contribution < -0.4 is 10.1 Å².